The Morgan fingerprint density at radius 1 is 1.16 bits per heavy atom. The summed E-state index contributed by atoms with van der Waals surface area (Å²) in [4.78, 5) is 39.0. The molecule has 2 aliphatic heterocycles. The van der Waals surface area contributed by atoms with E-state index in [9.17, 15) is 19.5 Å². The molecule has 31 heavy (non-hydrogen) atoms. The number of phenols is 1. The van der Waals surface area contributed by atoms with Crippen molar-refractivity contribution in [1.29, 1.82) is 0 Å². The fraction of sp³-hybridized carbons (Fsp3) is 0.500. The van der Waals surface area contributed by atoms with Gasteiger partial charge in [-0.1, -0.05) is 11.8 Å². The predicted octanol–water partition coefficient (Wildman–Crippen LogP) is 0.486. The number of aromatic hydroxyl groups is 1. The van der Waals surface area contributed by atoms with Crippen LogP contribution in [-0.4, -0.2) is 63.8 Å². The second-order valence-corrected chi connectivity index (χ2v) is 8.12. The second kappa shape index (κ2) is 8.57. The highest BCUT2D eigenvalue weighted by Gasteiger charge is 2.31. The van der Waals surface area contributed by atoms with Crippen molar-refractivity contribution in [2.24, 2.45) is 7.05 Å². The molecule has 1 atom stereocenters. The Hall–Kier alpha value is -3.09. The van der Waals surface area contributed by atoms with Gasteiger partial charge in [-0.25, -0.2) is 4.79 Å². The number of hydrogen-bond acceptors (Lipinski definition) is 6. The van der Waals surface area contributed by atoms with Crippen LogP contribution in [0.25, 0.3) is 11.0 Å². The molecule has 2 aliphatic rings. The molecule has 164 valence electrons. The molecule has 1 aromatic carbocycles. The van der Waals surface area contributed by atoms with Crippen LogP contribution >= 0.6 is 0 Å². The highest BCUT2D eigenvalue weighted by molar-refractivity contribution is 6.00. The smallest absolute Gasteiger partial charge is 0.329 e. The molecule has 1 unspecified atom stereocenters. The molecule has 2 N–H and O–H groups in total. The Bertz CT molecular complexity index is 1140. The molecule has 4 rings (SSSR count). The number of nitrogens with one attached hydrogen (secondary N) is 1. The third kappa shape index (κ3) is 4.09. The van der Waals surface area contributed by atoms with Crippen LogP contribution in [0.2, 0.25) is 0 Å². The summed E-state index contributed by atoms with van der Waals surface area (Å²) in [5.41, 5.74) is 0.845. The number of amides is 2. The summed E-state index contributed by atoms with van der Waals surface area (Å²) in [6, 6.07) is 2.27. The van der Waals surface area contributed by atoms with Gasteiger partial charge in [-0.05, 0) is 38.4 Å². The van der Waals surface area contributed by atoms with Gasteiger partial charge in [-0.2, -0.15) is 0 Å². The minimum atomic E-state index is -0.785. The Morgan fingerprint density at radius 2 is 1.90 bits per heavy atom. The van der Waals surface area contributed by atoms with Gasteiger partial charge in [0.1, 0.15) is 18.4 Å². The zero-order valence-electron chi connectivity index (χ0n) is 17.7. The van der Waals surface area contributed by atoms with Crippen LogP contribution in [0.5, 0.6) is 5.75 Å². The number of imide groups is 1. The number of nitrogens with zero attached hydrogens (tertiary/aromatic N) is 3. The first-order chi connectivity index (χ1) is 14.9. The van der Waals surface area contributed by atoms with Crippen molar-refractivity contribution in [3.63, 3.8) is 0 Å². The van der Waals surface area contributed by atoms with Gasteiger partial charge in [-0.15, -0.1) is 0 Å². The van der Waals surface area contributed by atoms with E-state index in [1.807, 2.05) is 0 Å². The van der Waals surface area contributed by atoms with Crippen molar-refractivity contribution in [2.75, 3.05) is 26.7 Å². The quantitative estimate of drug-likeness (QED) is 0.547. The summed E-state index contributed by atoms with van der Waals surface area (Å²) in [5, 5.41) is 12.7. The third-order valence-electron chi connectivity index (χ3n) is 6.01. The number of piperidine rings is 2. The van der Waals surface area contributed by atoms with E-state index in [1.165, 1.54) is 15.2 Å². The number of aryl methyl sites for hydroxylation is 1. The van der Waals surface area contributed by atoms with E-state index >= 15 is 0 Å². The Morgan fingerprint density at radius 3 is 2.61 bits per heavy atom. The standard InChI is InChI=1S/C22H26N4O5/c1-24-11-9-14(10-12-24)31-13-3-4-15-18(27)7-5-16-20(15)25(2)22(30)26(16)17-6-8-19(28)23-21(17)29/h5,7,14,17,27H,6,8-13H2,1-2H3,(H,23,28,29). The van der Waals surface area contributed by atoms with Crippen LogP contribution in [0.3, 0.4) is 0 Å². The molecule has 1 aromatic heterocycles. The van der Waals surface area contributed by atoms with Crippen molar-refractivity contribution in [2.45, 2.75) is 37.8 Å². The fourth-order valence-electron chi connectivity index (χ4n) is 4.25. The van der Waals surface area contributed by atoms with Crippen molar-refractivity contribution >= 4 is 22.8 Å². The number of ether oxygens (including phenoxy) is 1. The van der Waals surface area contributed by atoms with E-state index in [4.69, 9.17) is 4.74 Å². The highest BCUT2D eigenvalue weighted by atomic mass is 16.5. The normalized spacial score (nSPS) is 20.5. The van der Waals surface area contributed by atoms with Gasteiger partial charge >= 0.3 is 5.69 Å². The van der Waals surface area contributed by atoms with Gasteiger partial charge in [0.2, 0.25) is 11.8 Å². The van der Waals surface area contributed by atoms with E-state index < -0.39 is 17.6 Å². The number of imidazole rings is 1. The third-order valence-corrected chi connectivity index (χ3v) is 6.01. The topological polar surface area (TPSA) is 106 Å². The van der Waals surface area contributed by atoms with Crippen LogP contribution in [0, 0.1) is 11.8 Å². The molecule has 0 radical (unpaired) electrons. The Balaban J connectivity index is 1.63. The first kappa shape index (κ1) is 21.2. The molecule has 3 heterocycles. The average Bonchev–Trinajstić information content (AvgIpc) is 2.99. The molecule has 2 aromatic rings. The van der Waals surface area contributed by atoms with Gasteiger partial charge in [-0.3, -0.25) is 24.0 Å². The molecular formula is C22H26N4O5. The molecule has 0 bridgehead atoms. The molecule has 2 saturated heterocycles. The van der Waals surface area contributed by atoms with Crippen LogP contribution in [0.15, 0.2) is 16.9 Å². The van der Waals surface area contributed by atoms with E-state index in [-0.39, 0.29) is 37.2 Å². The largest absolute Gasteiger partial charge is 0.507 e. The summed E-state index contributed by atoms with van der Waals surface area (Å²) >= 11 is 0. The number of benzene rings is 1. The lowest BCUT2D eigenvalue weighted by molar-refractivity contribution is -0.135. The average molecular weight is 426 g/mol. The molecular weight excluding hydrogens is 400 g/mol. The zero-order valence-corrected chi connectivity index (χ0v) is 17.7. The Kier molecular flexibility index (Phi) is 5.85. The molecule has 0 spiro atoms. The number of phenolic OH excluding ortho intramolecular Hbond substituents is 1. The number of fused-ring (bicyclic) bond motifs is 1. The van der Waals surface area contributed by atoms with Gasteiger partial charge in [0.25, 0.3) is 0 Å². The van der Waals surface area contributed by atoms with Crippen molar-refractivity contribution in [1.82, 2.24) is 19.4 Å². The van der Waals surface area contributed by atoms with E-state index in [1.54, 1.807) is 13.1 Å². The van der Waals surface area contributed by atoms with E-state index in [0.29, 0.717) is 16.6 Å². The molecule has 0 aliphatic carbocycles. The maximum Gasteiger partial charge on any atom is 0.329 e. The van der Waals surface area contributed by atoms with Gasteiger partial charge in [0.05, 0.1) is 22.7 Å². The van der Waals surface area contributed by atoms with Gasteiger partial charge in [0, 0.05) is 26.6 Å². The van der Waals surface area contributed by atoms with Crippen molar-refractivity contribution < 1.29 is 19.4 Å². The lowest BCUT2D eigenvalue weighted by Gasteiger charge is -2.28. The summed E-state index contributed by atoms with van der Waals surface area (Å²) in [5.74, 6) is 5.00. The minimum Gasteiger partial charge on any atom is -0.507 e. The van der Waals surface area contributed by atoms with Gasteiger partial charge in [0.15, 0.2) is 0 Å². The predicted molar refractivity (Wildman–Crippen MR) is 114 cm³/mol. The van der Waals surface area contributed by atoms with Crippen molar-refractivity contribution in [3.8, 4) is 17.6 Å². The zero-order chi connectivity index (χ0) is 22.1. The molecule has 0 saturated carbocycles. The maximum absolute atomic E-state index is 12.9. The lowest BCUT2D eigenvalue weighted by Crippen LogP contribution is -2.44. The van der Waals surface area contributed by atoms with Crippen LogP contribution in [-0.2, 0) is 21.4 Å². The number of aromatic nitrogens is 2. The summed E-state index contributed by atoms with van der Waals surface area (Å²) < 4.78 is 8.59. The molecule has 2 amide bonds. The minimum absolute atomic E-state index is 0.0460. The van der Waals surface area contributed by atoms with E-state index in [0.717, 1.165) is 25.9 Å². The maximum atomic E-state index is 12.9. The summed E-state index contributed by atoms with van der Waals surface area (Å²) in [6.07, 6.45) is 2.51. The van der Waals surface area contributed by atoms with Crippen LogP contribution < -0.4 is 11.0 Å². The fourth-order valence-corrected chi connectivity index (χ4v) is 4.25. The first-order valence-corrected chi connectivity index (χ1v) is 10.4. The molecule has 2 fully saturated rings. The van der Waals surface area contributed by atoms with E-state index in [2.05, 4.69) is 29.1 Å². The molecule has 9 nitrogen and oxygen atoms in total. The second-order valence-electron chi connectivity index (χ2n) is 8.12. The van der Waals surface area contributed by atoms with Gasteiger partial charge < -0.3 is 14.7 Å². The number of likely N-dealkylation sites (tertiary alicyclic amines) is 1. The number of hydrogen-bond donors (Lipinski definition) is 2. The number of carbonyl (C=O) groups excluding carboxylic acids is 2. The number of carbonyl (C=O) groups is 2. The van der Waals surface area contributed by atoms with Crippen molar-refractivity contribution in [3.05, 3.63) is 28.2 Å². The SMILES string of the molecule is CN1CCC(OCC#Cc2c(O)ccc3c2n(C)c(=O)n3C2CCC(=O)NC2=O)CC1. The first-order valence-electron chi connectivity index (χ1n) is 10.4. The molecule has 9 heteroatoms. The highest BCUT2D eigenvalue weighted by Crippen LogP contribution is 2.29. The van der Waals surface area contributed by atoms with Crippen LogP contribution in [0.4, 0.5) is 0 Å². The number of rotatable bonds is 3. The lowest BCUT2D eigenvalue weighted by atomic mass is 10.1. The summed E-state index contributed by atoms with van der Waals surface area (Å²) in [6.45, 7) is 2.22. The summed E-state index contributed by atoms with van der Waals surface area (Å²) in [7, 11) is 3.66. The Labute approximate surface area is 179 Å². The van der Waals surface area contributed by atoms with Crippen LogP contribution in [0.1, 0.15) is 37.3 Å². The monoisotopic (exact) mass is 426 g/mol.